The van der Waals surface area contributed by atoms with E-state index in [1.165, 1.54) is 17.1 Å². The van der Waals surface area contributed by atoms with Crippen LogP contribution in [0, 0.1) is 10.1 Å². The Morgan fingerprint density at radius 1 is 2.00 bits per heavy atom. The molecule has 0 spiro atoms. The summed E-state index contributed by atoms with van der Waals surface area (Å²) in [6, 6.07) is 0. The highest BCUT2D eigenvalue weighted by atomic mass is 32.2. The van der Waals surface area contributed by atoms with Gasteiger partial charge in [0.05, 0.1) is 5.25 Å². The second-order valence-corrected chi connectivity index (χ2v) is 2.77. The van der Waals surface area contributed by atoms with Crippen LogP contribution in [-0.4, -0.2) is 28.3 Å². The molecule has 0 rings (SSSR count). The van der Waals surface area contributed by atoms with E-state index in [0.717, 1.165) is 0 Å². The lowest BCUT2D eigenvalue weighted by Gasteiger charge is -1.99. The lowest BCUT2D eigenvalue weighted by molar-refractivity contribution is -0.476. The standard InChI is InChI=1S/C4H7NO2S2/c1-9-4(3-8)2-5(6)7/h3-4H,2H2,1H3. The highest BCUT2D eigenvalue weighted by Crippen LogP contribution is 2.02. The highest BCUT2D eigenvalue weighted by molar-refractivity contribution is 8.00. The average molecular weight is 165 g/mol. The molecular weight excluding hydrogens is 158 g/mol. The lowest BCUT2D eigenvalue weighted by atomic mass is 10.5. The van der Waals surface area contributed by atoms with Gasteiger partial charge in [-0.1, -0.05) is 12.2 Å². The normalized spacial score (nSPS) is 12.6. The molecule has 0 aliphatic carbocycles. The molecule has 5 heteroatoms. The van der Waals surface area contributed by atoms with Crippen molar-refractivity contribution >= 4 is 29.3 Å². The van der Waals surface area contributed by atoms with E-state index < -0.39 is 0 Å². The molecule has 0 radical (unpaired) electrons. The minimum Gasteiger partial charge on any atom is -0.264 e. The van der Waals surface area contributed by atoms with Gasteiger partial charge in [-0.15, -0.1) is 0 Å². The molecule has 0 saturated carbocycles. The second-order valence-electron chi connectivity index (χ2n) is 1.43. The molecule has 1 unspecified atom stereocenters. The molecule has 0 aliphatic rings. The van der Waals surface area contributed by atoms with Gasteiger partial charge in [-0.05, 0) is 11.6 Å². The zero-order valence-electron chi connectivity index (χ0n) is 4.94. The van der Waals surface area contributed by atoms with Gasteiger partial charge >= 0.3 is 0 Å². The molecule has 0 aromatic carbocycles. The first kappa shape index (κ1) is 8.84. The molecule has 0 heterocycles. The predicted octanol–water partition coefficient (Wildman–Crippen LogP) is 0.994. The molecule has 0 saturated heterocycles. The van der Waals surface area contributed by atoms with Crippen molar-refractivity contribution < 1.29 is 4.92 Å². The smallest absolute Gasteiger partial charge is 0.219 e. The summed E-state index contributed by atoms with van der Waals surface area (Å²) in [6.07, 6.45) is 1.80. The van der Waals surface area contributed by atoms with Crippen LogP contribution in [0.3, 0.4) is 0 Å². The Kier molecular flexibility index (Phi) is 4.61. The Hall–Kier alpha value is -0.160. The maximum absolute atomic E-state index is 9.85. The summed E-state index contributed by atoms with van der Waals surface area (Å²) in [6.45, 7) is -0.0648. The van der Waals surface area contributed by atoms with Crippen LogP contribution in [0.1, 0.15) is 0 Å². The van der Waals surface area contributed by atoms with E-state index in [4.69, 9.17) is 0 Å². The zero-order chi connectivity index (χ0) is 7.28. The van der Waals surface area contributed by atoms with Gasteiger partial charge < -0.3 is 0 Å². The minimum absolute atomic E-state index is 0.0648. The van der Waals surface area contributed by atoms with Crippen LogP contribution in [0.5, 0.6) is 0 Å². The largest absolute Gasteiger partial charge is 0.264 e. The van der Waals surface area contributed by atoms with E-state index in [0.29, 0.717) is 0 Å². The number of hydrogen-bond donors (Lipinski definition) is 0. The molecule has 1 atom stereocenters. The first-order valence-corrected chi connectivity index (χ1v) is 4.06. The first-order chi connectivity index (χ1) is 4.20. The minimum atomic E-state index is -0.357. The lowest BCUT2D eigenvalue weighted by Crippen LogP contribution is -2.16. The summed E-state index contributed by atoms with van der Waals surface area (Å²) >= 11 is 5.94. The number of nitrogens with zero attached hydrogens (tertiary/aromatic N) is 1. The number of rotatable bonds is 4. The summed E-state index contributed by atoms with van der Waals surface area (Å²) in [5.41, 5.74) is 0. The molecule has 0 amide bonds. The van der Waals surface area contributed by atoms with Gasteiger partial charge in [0, 0.05) is 4.92 Å². The molecule has 0 N–H and O–H groups in total. The first-order valence-electron chi connectivity index (χ1n) is 2.30. The maximum atomic E-state index is 9.85. The van der Waals surface area contributed by atoms with Crippen LogP contribution in [0.15, 0.2) is 0 Å². The maximum Gasteiger partial charge on any atom is 0.219 e. The topological polar surface area (TPSA) is 43.1 Å². The van der Waals surface area contributed by atoms with Gasteiger partial charge in [0.25, 0.3) is 0 Å². The number of thiocarbonyl (C=S) groups is 1. The molecule has 0 fully saturated rings. The summed E-state index contributed by atoms with van der Waals surface area (Å²) in [5, 5.41) is 11.2. The summed E-state index contributed by atoms with van der Waals surface area (Å²) in [5.74, 6) is 0. The Balaban J connectivity index is 3.55. The van der Waals surface area contributed by atoms with Crippen molar-refractivity contribution in [1.29, 1.82) is 0 Å². The van der Waals surface area contributed by atoms with Gasteiger partial charge in [-0.25, -0.2) is 0 Å². The summed E-state index contributed by atoms with van der Waals surface area (Å²) in [7, 11) is 0. The zero-order valence-corrected chi connectivity index (χ0v) is 6.58. The fourth-order valence-electron chi connectivity index (χ4n) is 0.320. The van der Waals surface area contributed by atoms with Crippen LogP contribution >= 0.6 is 24.0 Å². The van der Waals surface area contributed by atoms with Crippen LogP contribution < -0.4 is 0 Å². The fourth-order valence-corrected chi connectivity index (χ4v) is 1.12. The van der Waals surface area contributed by atoms with Crippen LogP contribution in [0.25, 0.3) is 0 Å². The molecule has 52 valence electrons. The van der Waals surface area contributed by atoms with Crippen molar-refractivity contribution in [3.05, 3.63) is 10.1 Å². The molecular formula is C4H7NO2S2. The molecule has 3 nitrogen and oxygen atoms in total. The van der Waals surface area contributed by atoms with Gasteiger partial charge in [0.2, 0.25) is 6.54 Å². The number of thioether (sulfide) groups is 1. The van der Waals surface area contributed by atoms with Gasteiger partial charge in [0.1, 0.15) is 0 Å². The molecule has 0 aromatic heterocycles. The molecule has 0 aromatic rings. The van der Waals surface area contributed by atoms with Crippen molar-refractivity contribution in [2.75, 3.05) is 12.8 Å². The van der Waals surface area contributed by atoms with E-state index in [1.54, 1.807) is 6.26 Å². The van der Waals surface area contributed by atoms with E-state index >= 15 is 0 Å². The quantitative estimate of drug-likeness (QED) is 0.354. The van der Waals surface area contributed by atoms with Crippen molar-refractivity contribution in [1.82, 2.24) is 0 Å². The van der Waals surface area contributed by atoms with Crippen LogP contribution in [-0.2, 0) is 0 Å². The summed E-state index contributed by atoms with van der Waals surface area (Å²) in [4.78, 5) is 9.50. The summed E-state index contributed by atoms with van der Waals surface area (Å²) < 4.78 is 0. The molecule has 0 aliphatic heterocycles. The SMILES string of the molecule is CSC(C=S)C[N+](=O)[O-]. The van der Waals surface area contributed by atoms with Gasteiger partial charge in [0.15, 0.2) is 0 Å². The van der Waals surface area contributed by atoms with Crippen molar-refractivity contribution in [3.63, 3.8) is 0 Å². The third-order valence-corrected chi connectivity index (χ3v) is 2.18. The number of hydrogen-bond acceptors (Lipinski definition) is 4. The highest BCUT2D eigenvalue weighted by Gasteiger charge is 2.08. The fraction of sp³-hybridized carbons (Fsp3) is 0.750. The van der Waals surface area contributed by atoms with E-state index in [1.807, 2.05) is 0 Å². The van der Waals surface area contributed by atoms with Crippen LogP contribution in [0.2, 0.25) is 0 Å². The van der Waals surface area contributed by atoms with Gasteiger partial charge in [-0.2, -0.15) is 11.8 Å². The van der Waals surface area contributed by atoms with Gasteiger partial charge in [-0.3, -0.25) is 10.1 Å². The van der Waals surface area contributed by atoms with E-state index in [-0.39, 0.29) is 16.7 Å². The Morgan fingerprint density at radius 3 is 2.67 bits per heavy atom. The number of nitro groups is 1. The second kappa shape index (κ2) is 4.69. The van der Waals surface area contributed by atoms with Crippen molar-refractivity contribution in [2.45, 2.75) is 5.25 Å². The van der Waals surface area contributed by atoms with E-state index in [9.17, 15) is 10.1 Å². The van der Waals surface area contributed by atoms with Crippen molar-refractivity contribution in [3.8, 4) is 0 Å². The Bertz CT molecular complexity index is 117. The predicted molar refractivity (Wildman–Crippen MR) is 42.8 cm³/mol. The van der Waals surface area contributed by atoms with Crippen LogP contribution in [0.4, 0.5) is 0 Å². The Labute approximate surface area is 63.0 Å². The third-order valence-electron chi connectivity index (χ3n) is 0.784. The molecule has 9 heavy (non-hydrogen) atoms. The van der Waals surface area contributed by atoms with E-state index in [2.05, 4.69) is 12.2 Å². The Morgan fingerprint density at radius 2 is 2.56 bits per heavy atom. The monoisotopic (exact) mass is 165 g/mol. The third kappa shape index (κ3) is 4.35. The van der Waals surface area contributed by atoms with Crippen molar-refractivity contribution in [2.24, 2.45) is 0 Å². The average Bonchev–Trinajstić information content (AvgIpc) is 1.82. The molecule has 0 bridgehead atoms.